The summed E-state index contributed by atoms with van der Waals surface area (Å²) < 4.78 is 7.98. The normalized spacial score (nSPS) is 16.1. The van der Waals surface area contributed by atoms with Gasteiger partial charge in [-0.2, -0.15) is 5.10 Å². The Kier molecular flexibility index (Phi) is 6.31. The van der Waals surface area contributed by atoms with E-state index in [1.165, 1.54) is 0 Å². The largest absolute Gasteiger partial charge is 0.478 e. The Morgan fingerprint density at radius 1 is 1.11 bits per heavy atom. The van der Waals surface area contributed by atoms with Gasteiger partial charge in [0.1, 0.15) is 0 Å². The number of benzene rings is 3. The number of aromatic carboxylic acids is 1. The molecule has 1 saturated heterocycles. The lowest BCUT2D eigenvalue weighted by Gasteiger charge is -2.23. The molecule has 2 heterocycles. The van der Waals surface area contributed by atoms with Crippen LogP contribution in [0.25, 0.3) is 22.0 Å². The summed E-state index contributed by atoms with van der Waals surface area (Å²) in [6, 6.07) is 17.8. The molecular formula is C29H31N3O3. The Hall–Kier alpha value is -3.64. The van der Waals surface area contributed by atoms with Gasteiger partial charge in [0.15, 0.2) is 6.23 Å². The number of nitrogens with one attached hydrogen (secondary N) is 1. The zero-order valence-electron chi connectivity index (χ0n) is 20.4. The van der Waals surface area contributed by atoms with E-state index in [1.54, 1.807) is 6.07 Å². The third-order valence-electron chi connectivity index (χ3n) is 6.81. The highest BCUT2D eigenvalue weighted by atomic mass is 16.5. The van der Waals surface area contributed by atoms with Crippen LogP contribution < -0.4 is 5.32 Å². The van der Waals surface area contributed by atoms with Crippen molar-refractivity contribution >= 4 is 28.2 Å². The number of fused-ring (bicyclic) bond motifs is 1. The second-order valence-corrected chi connectivity index (χ2v) is 9.53. The monoisotopic (exact) mass is 469 g/mol. The summed E-state index contributed by atoms with van der Waals surface area (Å²) in [5.41, 5.74) is 7.01. The molecule has 0 saturated carbocycles. The van der Waals surface area contributed by atoms with E-state index < -0.39 is 5.97 Å². The summed E-state index contributed by atoms with van der Waals surface area (Å²) in [5, 5.41) is 19.0. The molecule has 0 amide bonds. The summed E-state index contributed by atoms with van der Waals surface area (Å²) in [5.74, 6) is -0.655. The van der Waals surface area contributed by atoms with Crippen LogP contribution in [0.2, 0.25) is 0 Å². The van der Waals surface area contributed by atoms with Gasteiger partial charge in [-0.1, -0.05) is 44.2 Å². The number of nitrogens with zero attached hydrogens (tertiary/aromatic N) is 2. The van der Waals surface area contributed by atoms with Gasteiger partial charge in [0, 0.05) is 17.7 Å². The zero-order valence-corrected chi connectivity index (χ0v) is 20.4. The lowest BCUT2D eigenvalue weighted by Crippen LogP contribution is -2.18. The van der Waals surface area contributed by atoms with Crippen LogP contribution in [-0.2, 0) is 4.74 Å². The number of hydrogen-bond donors (Lipinski definition) is 2. The fourth-order valence-corrected chi connectivity index (χ4v) is 5.01. The first-order chi connectivity index (χ1) is 16.9. The molecule has 1 aliphatic rings. The van der Waals surface area contributed by atoms with Crippen LogP contribution in [-0.4, -0.2) is 27.5 Å². The van der Waals surface area contributed by atoms with E-state index in [1.807, 2.05) is 41.2 Å². The van der Waals surface area contributed by atoms with Gasteiger partial charge < -0.3 is 15.2 Å². The Balaban J connectivity index is 1.62. The smallest absolute Gasteiger partial charge is 0.337 e. The zero-order chi connectivity index (χ0) is 24.5. The standard InChI is InChI=1S/C29H31N3O3/c1-18(2)21-8-4-5-9-24(21)31-25-16-20(12-13-22(25)29(33)34)28-19(3)11-14-26-23(28)17-30-32(26)27-10-6-7-15-35-27/h4-5,8-9,11-14,16-18,27,31H,6-7,10,15H2,1-3H3,(H,33,34). The lowest BCUT2D eigenvalue weighted by molar-refractivity contribution is -0.0366. The number of ether oxygens (including phenoxy) is 1. The molecule has 3 aromatic carbocycles. The molecule has 0 spiro atoms. The highest BCUT2D eigenvalue weighted by Crippen LogP contribution is 2.37. The molecule has 5 rings (SSSR count). The maximum atomic E-state index is 12.1. The highest BCUT2D eigenvalue weighted by Gasteiger charge is 2.21. The van der Waals surface area contributed by atoms with Crippen molar-refractivity contribution in [1.29, 1.82) is 0 Å². The van der Waals surface area contributed by atoms with Crippen molar-refractivity contribution < 1.29 is 14.6 Å². The molecule has 0 bridgehead atoms. The predicted molar refractivity (Wildman–Crippen MR) is 140 cm³/mol. The molecule has 0 aliphatic carbocycles. The molecule has 6 nitrogen and oxygen atoms in total. The molecular weight excluding hydrogens is 438 g/mol. The molecule has 1 aromatic heterocycles. The maximum Gasteiger partial charge on any atom is 0.337 e. The number of carboxylic acid groups (broad SMARTS) is 1. The fraction of sp³-hybridized carbons (Fsp3) is 0.310. The number of aryl methyl sites for hydroxylation is 1. The number of anilines is 2. The van der Waals surface area contributed by atoms with Crippen molar-refractivity contribution in [3.63, 3.8) is 0 Å². The topological polar surface area (TPSA) is 76.4 Å². The summed E-state index contributed by atoms with van der Waals surface area (Å²) in [6.07, 6.45) is 5.04. The minimum atomic E-state index is -0.960. The minimum absolute atomic E-state index is 0.0454. The number of carboxylic acids is 1. The molecule has 35 heavy (non-hydrogen) atoms. The van der Waals surface area contributed by atoms with Crippen LogP contribution in [0.4, 0.5) is 11.4 Å². The Morgan fingerprint density at radius 2 is 1.94 bits per heavy atom. The second-order valence-electron chi connectivity index (χ2n) is 9.53. The van der Waals surface area contributed by atoms with Crippen LogP contribution in [0.1, 0.15) is 66.7 Å². The first-order valence-corrected chi connectivity index (χ1v) is 12.3. The number of carbonyl (C=O) groups is 1. The molecule has 2 N–H and O–H groups in total. The summed E-state index contributed by atoms with van der Waals surface area (Å²) in [7, 11) is 0. The lowest BCUT2D eigenvalue weighted by atomic mass is 9.95. The van der Waals surface area contributed by atoms with E-state index in [9.17, 15) is 9.90 Å². The van der Waals surface area contributed by atoms with E-state index in [2.05, 4.69) is 44.3 Å². The third kappa shape index (κ3) is 4.42. The van der Waals surface area contributed by atoms with Crippen LogP contribution in [0, 0.1) is 6.92 Å². The average molecular weight is 470 g/mol. The van der Waals surface area contributed by atoms with Crippen molar-refractivity contribution in [2.45, 2.75) is 52.2 Å². The van der Waals surface area contributed by atoms with E-state index in [-0.39, 0.29) is 11.8 Å². The van der Waals surface area contributed by atoms with Gasteiger partial charge in [-0.25, -0.2) is 9.48 Å². The van der Waals surface area contributed by atoms with Crippen LogP contribution >= 0.6 is 0 Å². The van der Waals surface area contributed by atoms with Gasteiger partial charge >= 0.3 is 5.97 Å². The molecule has 0 radical (unpaired) electrons. The number of para-hydroxylation sites is 1. The fourth-order valence-electron chi connectivity index (χ4n) is 5.01. The van der Waals surface area contributed by atoms with E-state index in [0.717, 1.165) is 64.7 Å². The SMILES string of the molecule is Cc1ccc2c(cnn2C2CCCCO2)c1-c1ccc(C(=O)O)c(Nc2ccccc2C(C)C)c1. The summed E-state index contributed by atoms with van der Waals surface area (Å²) >= 11 is 0. The Morgan fingerprint density at radius 3 is 2.69 bits per heavy atom. The highest BCUT2D eigenvalue weighted by molar-refractivity contribution is 6.00. The Labute approximate surface area is 205 Å². The molecule has 6 heteroatoms. The van der Waals surface area contributed by atoms with Crippen molar-refractivity contribution in [2.75, 3.05) is 11.9 Å². The van der Waals surface area contributed by atoms with E-state index in [4.69, 9.17) is 9.84 Å². The van der Waals surface area contributed by atoms with Crippen LogP contribution in [0.3, 0.4) is 0 Å². The van der Waals surface area contributed by atoms with Crippen molar-refractivity contribution in [3.8, 4) is 11.1 Å². The molecule has 1 atom stereocenters. The molecule has 1 aliphatic heterocycles. The number of hydrogen-bond acceptors (Lipinski definition) is 4. The minimum Gasteiger partial charge on any atom is -0.478 e. The molecule has 180 valence electrons. The van der Waals surface area contributed by atoms with Gasteiger partial charge in [0.2, 0.25) is 0 Å². The van der Waals surface area contributed by atoms with Crippen molar-refractivity contribution in [1.82, 2.24) is 9.78 Å². The van der Waals surface area contributed by atoms with Crippen molar-refractivity contribution in [2.24, 2.45) is 0 Å². The summed E-state index contributed by atoms with van der Waals surface area (Å²) in [4.78, 5) is 12.1. The molecule has 1 fully saturated rings. The quantitative estimate of drug-likeness (QED) is 0.310. The first kappa shape index (κ1) is 23.1. The van der Waals surface area contributed by atoms with E-state index in [0.29, 0.717) is 11.6 Å². The van der Waals surface area contributed by atoms with Crippen LogP contribution in [0.5, 0.6) is 0 Å². The van der Waals surface area contributed by atoms with E-state index >= 15 is 0 Å². The number of aromatic nitrogens is 2. The second kappa shape index (κ2) is 9.55. The molecule has 1 unspecified atom stereocenters. The van der Waals surface area contributed by atoms with Gasteiger partial charge in [-0.3, -0.25) is 0 Å². The average Bonchev–Trinajstić information content (AvgIpc) is 3.28. The van der Waals surface area contributed by atoms with Gasteiger partial charge in [-0.05, 0) is 78.6 Å². The number of rotatable bonds is 6. The van der Waals surface area contributed by atoms with Gasteiger partial charge in [-0.15, -0.1) is 0 Å². The maximum absolute atomic E-state index is 12.1. The van der Waals surface area contributed by atoms with Gasteiger partial charge in [0.25, 0.3) is 0 Å². The molecule has 4 aromatic rings. The van der Waals surface area contributed by atoms with Crippen LogP contribution in [0.15, 0.2) is 60.8 Å². The first-order valence-electron chi connectivity index (χ1n) is 12.3. The predicted octanol–water partition coefficient (Wildman–Crippen LogP) is 7.28. The van der Waals surface area contributed by atoms with Crippen molar-refractivity contribution in [3.05, 3.63) is 77.5 Å². The summed E-state index contributed by atoms with van der Waals surface area (Å²) in [6.45, 7) is 7.10. The Bertz CT molecular complexity index is 1380. The van der Waals surface area contributed by atoms with Gasteiger partial charge in [0.05, 0.1) is 23.0 Å². The third-order valence-corrected chi connectivity index (χ3v) is 6.81.